The molecule has 2 atom stereocenters. The van der Waals surface area contributed by atoms with Gasteiger partial charge in [0.15, 0.2) is 0 Å². The molecule has 0 radical (unpaired) electrons. The Labute approximate surface area is 124 Å². The Morgan fingerprint density at radius 2 is 2.00 bits per heavy atom. The quantitative estimate of drug-likeness (QED) is 0.794. The Bertz CT molecular complexity index is 541. The van der Waals surface area contributed by atoms with E-state index in [1.165, 1.54) is 6.07 Å². The van der Waals surface area contributed by atoms with E-state index < -0.39 is 5.97 Å². The van der Waals surface area contributed by atoms with Crippen molar-refractivity contribution in [2.75, 3.05) is 6.54 Å². The minimum absolute atomic E-state index is 0.00147. The molecule has 2 rings (SSSR count). The second-order valence-corrected chi connectivity index (χ2v) is 5.70. The number of amides is 1. The van der Waals surface area contributed by atoms with Crippen LogP contribution in [-0.2, 0) is 4.79 Å². The van der Waals surface area contributed by atoms with Crippen LogP contribution in [0.4, 0.5) is 0 Å². The molecule has 0 aliphatic heterocycles. The fourth-order valence-electron chi connectivity index (χ4n) is 2.90. The Morgan fingerprint density at radius 1 is 1.29 bits per heavy atom. The highest BCUT2D eigenvalue weighted by Crippen LogP contribution is 2.29. The third kappa shape index (κ3) is 3.74. The van der Waals surface area contributed by atoms with Gasteiger partial charge in [0.2, 0.25) is 0 Å². The zero-order valence-electron chi connectivity index (χ0n) is 12.1. The van der Waals surface area contributed by atoms with Crippen molar-refractivity contribution < 1.29 is 19.8 Å². The van der Waals surface area contributed by atoms with E-state index >= 15 is 0 Å². The maximum Gasteiger partial charge on any atom is 0.306 e. The third-order valence-corrected chi connectivity index (χ3v) is 4.21. The molecular weight excluding hydrogens is 270 g/mol. The summed E-state index contributed by atoms with van der Waals surface area (Å²) in [6.07, 6.45) is 3.49. The van der Waals surface area contributed by atoms with Crippen LogP contribution >= 0.6 is 0 Å². The van der Waals surface area contributed by atoms with E-state index in [4.69, 9.17) is 0 Å². The van der Waals surface area contributed by atoms with Gasteiger partial charge in [0.25, 0.3) is 5.91 Å². The highest BCUT2D eigenvalue weighted by atomic mass is 16.4. The van der Waals surface area contributed by atoms with Crippen LogP contribution in [0.3, 0.4) is 0 Å². The molecule has 1 amide bonds. The molecule has 1 saturated carbocycles. The van der Waals surface area contributed by atoms with E-state index in [2.05, 4.69) is 5.32 Å². The van der Waals surface area contributed by atoms with Gasteiger partial charge in [-0.2, -0.15) is 0 Å². The number of aryl methyl sites for hydroxylation is 1. The van der Waals surface area contributed by atoms with E-state index in [-0.39, 0.29) is 23.5 Å². The van der Waals surface area contributed by atoms with E-state index in [1.807, 2.05) is 0 Å². The second-order valence-electron chi connectivity index (χ2n) is 5.70. The zero-order valence-corrected chi connectivity index (χ0v) is 12.1. The standard InChI is InChI=1S/C16H21NO4/c1-10-8-11(6-7-14(10)18)15(19)17-9-12-4-2-3-5-13(12)16(20)21/h6-8,12-13,18H,2-5,9H2,1H3,(H,17,19)(H,20,21). The maximum absolute atomic E-state index is 12.1. The van der Waals surface area contributed by atoms with Gasteiger partial charge in [-0.05, 0) is 49.4 Å². The lowest BCUT2D eigenvalue weighted by Gasteiger charge is -2.28. The first kappa shape index (κ1) is 15.4. The van der Waals surface area contributed by atoms with Crippen LogP contribution in [0.25, 0.3) is 0 Å². The summed E-state index contributed by atoms with van der Waals surface area (Å²) in [7, 11) is 0. The monoisotopic (exact) mass is 291 g/mol. The molecule has 114 valence electrons. The molecule has 1 aromatic carbocycles. The fraction of sp³-hybridized carbons (Fsp3) is 0.500. The summed E-state index contributed by atoms with van der Waals surface area (Å²) in [6.45, 7) is 2.11. The van der Waals surface area contributed by atoms with Gasteiger partial charge in [0.05, 0.1) is 5.92 Å². The summed E-state index contributed by atoms with van der Waals surface area (Å²) in [5, 5.41) is 21.5. The average Bonchev–Trinajstić information content (AvgIpc) is 2.47. The molecule has 5 nitrogen and oxygen atoms in total. The molecule has 1 fully saturated rings. The number of phenolic OH excluding ortho intramolecular Hbond substituents is 1. The first-order valence-corrected chi connectivity index (χ1v) is 7.29. The molecule has 2 unspecified atom stereocenters. The summed E-state index contributed by atoms with van der Waals surface area (Å²) >= 11 is 0. The van der Waals surface area contributed by atoms with Crippen molar-refractivity contribution in [1.29, 1.82) is 0 Å². The average molecular weight is 291 g/mol. The molecule has 0 aromatic heterocycles. The lowest BCUT2D eigenvalue weighted by molar-refractivity contribution is -0.144. The number of hydrogen-bond donors (Lipinski definition) is 3. The van der Waals surface area contributed by atoms with Crippen LogP contribution in [0, 0.1) is 18.8 Å². The zero-order chi connectivity index (χ0) is 15.4. The van der Waals surface area contributed by atoms with Crippen LogP contribution in [0.2, 0.25) is 0 Å². The van der Waals surface area contributed by atoms with Crippen LogP contribution < -0.4 is 5.32 Å². The molecule has 0 bridgehead atoms. The Kier molecular flexibility index (Phi) is 4.83. The van der Waals surface area contributed by atoms with E-state index in [1.54, 1.807) is 19.1 Å². The summed E-state index contributed by atoms with van der Waals surface area (Å²) in [4.78, 5) is 23.3. The van der Waals surface area contributed by atoms with Gasteiger partial charge < -0.3 is 15.5 Å². The number of carboxylic acids is 1. The van der Waals surface area contributed by atoms with Crippen LogP contribution in [-0.4, -0.2) is 28.6 Å². The largest absolute Gasteiger partial charge is 0.508 e. The molecule has 21 heavy (non-hydrogen) atoms. The molecule has 5 heteroatoms. The van der Waals surface area contributed by atoms with Crippen molar-refractivity contribution in [3.8, 4) is 5.75 Å². The Morgan fingerprint density at radius 3 is 2.67 bits per heavy atom. The lowest BCUT2D eigenvalue weighted by Crippen LogP contribution is -2.37. The minimum atomic E-state index is -0.769. The number of rotatable bonds is 4. The predicted octanol–water partition coefficient (Wildman–Crippen LogP) is 2.32. The molecule has 0 heterocycles. The van der Waals surface area contributed by atoms with Gasteiger partial charge in [-0.3, -0.25) is 9.59 Å². The van der Waals surface area contributed by atoms with E-state index in [0.29, 0.717) is 24.1 Å². The number of carbonyl (C=O) groups excluding carboxylic acids is 1. The number of aromatic hydroxyl groups is 1. The van der Waals surface area contributed by atoms with Gasteiger partial charge in [-0.1, -0.05) is 12.8 Å². The molecular formula is C16H21NO4. The molecule has 1 aliphatic rings. The predicted molar refractivity (Wildman–Crippen MR) is 78.3 cm³/mol. The van der Waals surface area contributed by atoms with Crippen molar-refractivity contribution in [1.82, 2.24) is 5.32 Å². The molecule has 3 N–H and O–H groups in total. The van der Waals surface area contributed by atoms with Crippen LogP contribution in [0.5, 0.6) is 5.75 Å². The van der Waals surface area contributed by atoms with Crippen molar-refractivity contribution >= 4 is 11.9 Å². The normalized spacial score (nSPS) is 21.8. The van der Waals surface area contributed by atoms with Crippen LogP contribution in [0.1, 0.15) is 41.6 Å². The Balaban J connectivity index is 1.96. The van der Waals surface area contributed by atoms with Crippen molar-refractivity contribution in [2.45, 2.75) is 32.6 Å². The second kappa shape index (κ2) is 6.61. The number of carboxylic acid groups (broad SMARTS) is 1. The molecule has 0 spiro atoms. The van der Waals surface area contributed by atoms with Gasteiger partial charge in [-0.25, -0.2) is 0 Å². The highest BCUT2D eigenvalue weighted by molar-refractivity contribution is 5.94. The number of benzene rings is 1. The number of carbonyl (C=O) groups is 2. The molecule has 1 aliphatic carbocycles. The van der Waals surface area contributed by atoms with Crippen molar-refractivity contribution in [3.05, 3.63) is 29.3 Å². The minimum Gasteiger partial charge on any atom is -0.508 e. The maximum atomic E-state index is 12.1. The molecule has 1 aromatic rings. The summed E-state index contributed by atoms with van der Waals surface area (Å²) in [5.41, 5.74) is 1.12. The topological polar surface area (TPSA) is 86.6 Å². The SMILES string of the molecule is Cc1cc(C(=O)NCC2CCCCC2C(=O)O)ccc1O. The van der Waals surface area contributed by atoms with Gasteiger partial charge in [0.1, 0.15) is 5.75 Å². The fourth-order valence-corrected chi connectivity index (χ4v) is 2.90. The van der Waals surface area contributed by atoms with Crippen LogP contribution in [0.15, 0.2) is 18.2 Å². The lowest BCUT2D eigenvalue weighted by atomic mass is 9.79. The summed E-state index contributed by atoms with van der Waals surface area (Å²) in [6, 6.07) is 4.68. The summed E-state index contributed by atoms with van der Waals surface area (Å²) < 4.78 is 0. The highest BCUT2D eigenvalue weighted by Gasteiger charge is 2.30. The Hall–Kier alpha value is -2.04. The van der Waals surface area contributed by atoms with E-state index in [0.717, 1.165) is 19.3 Å². The van der Waals surface area contributed by atoms with E-state index in [9.17, 15) is 19.8 Å². The number of hydrogen-bond acceptors (Lipinski definition) is 3. The third-order valence-electron chi connectivity index (χ3n) is 4.21. The van der Waals surface area contributed by atoms with Gasteiger partial charge in [-0.15, -0.1) is 0 Å². The number of phenols is 1. The first-order valence-electron chi connectivity index (χ1n) is 7.29. The first-order chi connectivity index (χ1) is 9.99. The van der Waals surface area contributed by atoms with Crippen molar-refractivity contribution in [2.24, 2.45) is 11.8 Å². The van der Waals surface area contributed by atoms with Gasteiger partial charge in [0, 0.05) is 12.1 Å². The molecule has 0 saturated heterocycles. The smallest absolute Gasteiger partial charge is 0.306 e. The van der Waals surface area contributed by atoms with Crippen molar-refractivity contribution in [3.63, 3.8) is 0 Å². The number of nitrogens with one attached hydrogen (secondary N) is 1. The van der Waals surface area contributed by atoms with Gasteiger partial charge >= 0.3 is 5.97 Å². The number of aliphatic carboxylic acids is 1. The summed E-state index contributed by atoms with van der Waals surface area (Å²) in [5.74, 6) is -1.20.